The van der Waals surface area contributed by atoms with Crippen molar-refractivity contribution < 1.29 is 18.9 Å². The third-order valence-electron chi connectivity index (χ3n) is 2.45. The molecule has 1 aromatic heterocycles. The molecule has 0 saturated heterocycles. The van der Waals surface area contributed by atoms with Crippen molar-refractivity contribution in [3.05, 3.63) is 29.6 Å². The maximum Gasteiger partial charge on any atom is 0.471 e. The number of fused-ring (bicyclic) bond motifs is 1. The third-order valence-corrected chi connectivity index (χ3v) is 2.90. The number of hydrogen-bond acceptors (Lipinski definition) is 3. The minimum absolute atomic E-state index is 0.213. The standard InChI is InChI=1S/C10H13N2O4P/c1-7-3-4-10-9(5-7)11-8(2)12(10)6-16-17(13,14)15/h3-5H,6H2,1-2H3,(H2,13,14,15). The Morgan fingerprint density at radius 1 is 1.41 bits per heavy atom. The molecule has 1 aromatic carbocycles. The number of phosphoric acid groups is 1. The van der Waals surface area contributed by atoms with Crippen LogP contribution in [-0.4, -0.2) is 19.3 Å². The lowest BCUT2D eigenvalue weighted by molar-refractivity contribution is 0.155. The van der Waals surface area contributed by atoms with Gasteiger partial charge in [-0.1, -0.05) is 6.07 Å². The van der Waals surface area contributed by atoms with Crippen molar-refractivity contribution in [2.24, 2.45) is 0 Å². The Morgan fingerprint density at radius 3 is 2.76 bits per heavy atom. The van der Waals surface area contributed by atoms with Crippen molar-refractivity contribution in [2.75, 3.05) is 0 Å². The highest BCUT2D eigenvalue weighted by Crippen LogP contribution is 2.36. The lowest BCUT2D eigenvalue weighted by Crippen LogP contribution is -2.03. The fourth-order valence-corrected chi connectivity index (χ4v) is 1.92. The molecule has 92 valence electrons. The van der Waals surface area contributed by atoms with Gasteiger partial charge in [-0.25, -0.2) is 9.55 Å². The second-order valence-corrected chi connectivity index (χ2v) is 5.07. The molecule has 7 heteroatoms. The molecule has 2 N–H and O–H groups in total. The van der Waals surface area contributed by atoms with Gasteiger partial charge < -0.3 is 14.4 Å². The van der Waals surface area contributed by atoms with E-state index in [0.29, 0.717) is 5.82 Å². The lowest BCUT2D eigenvalue weighted by Gasteiger charge is -2.08. The van der Waals surface area contributed by atoms with Crippen molar-refractivity contribution >= 4 is 18.9 Å². The fraction of sp³-hybridized carbons (Fsp3) is 0.300. The molecule has 0 radical (unpaired) electrons. The van der Waals surface area contributed by atoms with Crippen molar-refractivity contribution in [3.8, 4) is 0 Å². The topological polar surface area (TPSA) is 84.6 Å². The van der Waals surface area contributed by atoms with E-state index in [4.69, 9.17) is 9.79 Å². The number of nitrogens with zero attached hydrogens (tertiary/aromatic N) is 2. The first kappa shape index (κ1) is 12.3. The first-order valence-corrected chi connectivity index (χ1v) is 6.53. The molecule has 17 heavy (non-hydrogen) atoms. The first-order valence-electron chi connectivity index (χ1n) is 5.00. The molecule has 0 aliphatic carbocycles. The van der Waals surface area contributed by atoms with Gasteiger partial charge in [0.2, 0.25) is 0 Å². The van der Waals surface area contributed by atoms with Crippen LogP contribution < -0.4 is 0 Å². The molecule has 0 amide bonds. The van der Waals surface area contributed by atoms with E-state index in [1.807, 2.05) is 25.1 Å². The van der Waals surface area contributed by atoms with Gasteiger partial charge >= 0.3 is 7.82 Å². The smallest absolute Gasteiger partial charge is 0.303 e. The quantitative estimate of drug-likeness (QED) is 0.817. The van der Waals surface area contributed by atoms with Crippen LogP contribution in [0.4, 0.5) is 0 Å². The van der Waals surface area contributed by atoms with Gasteiger partial charge in [-0.2, -0.15) is 0 Å². The highest BCUT2D eigenvalue weighted by atomic mass is 31.2. The molecule has 0 atom stereocenters. The summed E-state index contributed by atoms with van der Waals surface area (Å²) in [5.41, 5.74) is 2.66. The van der Waals surface area contributed by atoms with Crippen LogP contribution in [-0.2, 0) is 15.8 Å². The summed E-state index contributed by atoms with van der Waals surface area (Å²) in [6, 6.07) is 5.68. The maximum atomic E-state index is 10.7. The minimum atomic E-state index is -4.46. The van der Waals surface area contributed by atoms with E-state index in [2.05, 4.69) is 9.51 Å². The van der Waals surface area contributed by atoms with Gasteiger partial charge in [-0.3, -0.25) is 4.52 Å². The third kappa shape index (κ3) is 2.73. The molecule has 0 spiro atoms. The minimum Gasteiger partial charge on any atom is -0.303 e. The molecule has 0 aliphatic heterocycles. The average Bonchev–Trinajstić information content (AvgIpc) is 2.48. The van der Waals surface area contributed by atoms with Crippen molar-refractivity contribution in [2.45, 2.75) is 20.6 Å². The molecule has 1 heterocycles. The molecule has 0 saturated carbocycles. The van der Waals surface area contributed by atoms with Crippen LogP contribution >= 0.6 is 7.82 Å². The van der Waals surface area contributed by atoms with E-state index < -0.39 is 7.82 Å². The molecule has 2 aromatic rings. The van der Waals surface area contributed by atoms with Gasteiger partial charge in [-0.05, 0) is 31.5 Å². The molecule has 0 bridgehead atoms. The van der Waals surface area contributed by atoms with Gasteiger partial charge in [-0.15, -0.1) is 0 Å². The van der Waals surface area contributed by atoms with Crippen LogP contribution in [0.2, 0.25) is 0 Å². The number of aromatic nitrogens is 2. The van der Waals surface area contributed by atoms with E-state index in [9.17, 15) is 4.57 Å². The Kier molecular flexibility index (Phi) is 3.05. The monoisotopic (exact) mass is 256 g/mol. The average molecular weight is 256 g/mol. The summed E-state index contributed by atoms with van der Waals surface area (Å²) in [4.78, 5) is 21.7. The predicted molar refractivity (Wildman–Crippen MR) is 62.3 cm³/mol. The fourth-order valence-electron chi connectivity index (χ4n) is 1.66. The van der Waals surface area contributed by atoms with Crippen molar-refractivity contribution in [3.63, 3.8) is 0 Å². The van der Waals surface area contributed by atoms with Crippen LogP contribution in [0, 0.1) is 13.8 Å². The summed E-state index contributed by atoms with van der Waals surface area (Å²) in [6.45, 7) is 3.51. The Bertz CT molecular complexity index is 602. The summed E-state index contributed by atoms with van der Waals surface area (Å²) >= 11 is 0. The number of aryl methyl sites for hydroxylation is 2. The Labute approximate surface area is 98.1 Å². The predicted octanol–water partition coefficient (Wildman–Crippen LogP) is 1.72. The molecular formula is C10H13N2O4P. The van der Waals surface area contributed by atoms with Crippen LogP contribution in [0.3, 0.4) is 0 Å². The number of phosphoric ester groups is 1. The summed E-state index contributed by atoms with van der Waals surface area (Å²) in [5.74, 6) is 0.652. The second kappa shape index (κ2) is 4.23. The molecule has 0 unspecified atom stereocenters. The zero-order valence-electron chi connectivity index (χ0n) is 9.49. The first-order chi connectivity index (χ1) is 7.87. The van der Waals surface area contributed by atoms with E-state index in [-0.39, 0.29) is 6.73 Å². The van der Waals surface area contributed by atoms with E-state index in [0.717, 1.165) is 16.6 Å². The molecule has 0 fully saturated rings. The van der Waals surface area contributed by atoms with Gasteiger partial charge in [0.1, 0.15) is 12.6 Å². The number of rotatable bonds is 3. The summed E-state index contributed by atoms with van der Waals surface area (Å²) in [7, 11) is -4.46. The van der Waals surface area contributed by atoms with Crippen LogP contribution in [0.25, 0.3) is 11.0 Å². The molecule has 0 aliphatic rings. The van der Waals surface area contributed by atoms with Crippen LogP contribution in [0.15, 0.2) is 18.2 Å². The van der Waals surface area contributed by atoms with Crippen LogP contribution in [0.5, 0.6) is 0 Å². The normalized spacial score (nSPS) is 12.2. The lowest BCUT2D eigenvalue weighted by atomic mass is 10.2. The molecule has 6 nitrogen and oxygen atoms in total. The number of benzene rings is 1. The largest absolute Gasteiger partial charge is 0.471 e. The Hall–Kier alpha value is -1.20. The van der Waals surface area contributed by atoms with Gasteiger partial charge in [0.25, 0.3) is 0 Å². The molecule has 2 rings (SSSR count). The summed E-state index contributed by atoms with van der Waals surface area (Å²) < 4.78 is 16.8. The SMILES string of the molecule is Cc1ccc2c(c1)nc(C)n2COP(=O)(O)O. The Morgan fingerprint density at radius 2 is 2.12 bits per heavy atom. The second-order valence-electron chi connectivity index (χ2n) is 3.83. The number of hydrogen-bond donors (Lipinski definition) is 2. The van der Waals surface area contributed by atoms with Crippen LogP contribution in [0.1, 0.15) is 11.4 Å². The number of imidazole rings is 1. The maximum absolute atomic E-state index is 10.7. The summed E-state index contributed by atoms with van der Waals surface area (Å²) in [5, 5.41) is 0. The molecular weight excluding hydrogens is 243 g/mol. The van der Waals surface area contributed by atoms with Gasteiger partial charge in [0, 0.05) is 0 Å². The highest BCUT2D eigenvalue weighted by Gasteiger charge is 2.16. The summed E-state index contributed by atoms with van der Waals surface area (Å²) in [6.07, 6.45) is 0. The Balaban J connectivity index is 2.40. The van der Waals surface area contributed by atoms with Crippen molar-refractivity contribution in [1.29, 1.82) is 0 Å². The van der Waals surface area contributed by atoms with Gasteiger partial charge in [0.15, 0.2) is 0 Å². The van der Waals surface area contributed by atoms with E-state index >= 15 is 0 Å². The van der Waals surface area contributed by atoms with E-state index in [1.165, 1.54) is 0 Å². The zero-order valence-corrected chi connectivity index (χ0v) is 10.4. The highest BCUT2D eigenvalue weighted by molar-refractivity contribution is 7.46. The van der Waals surface area contributed by atoms with E-state index in [1.54, 1.807) is 11.5 Å². The van der Waals surface area contributed by atoms with Crippen molar-refractivity contribution in [1.82, 2.24) is 9.55 Å². The van der Waals surface area contributed by atoms with Gasteiger partial charge in [0.05, 0.1) is 11.0 Å². The zero-order chi connectivity index (χ0) is 12.6.